The standard InChI is InChI=1S/C29H33N3O6S/c1-29(2,15-17-32-16-14-21-19-24(12-13-26(21)32)38-28(34)37-3)30-20-27(33)22-8-7-9-23(18-22)31-39(35,36)25-10-5-4-6-11-25/h4-14,16,18-19,27,30-31,33H,15,17,20H2,1-3H3/t27-/m0/s1. The lowest BCUT2D eigenvalue weighted by Crippen LogP contribution is -2.42. The van der Waals surface area contributed by atoms with Gasteiger partial charge in [0.05, 0.1) is 18.1 Å². The molecule has 9 nitrogen and oxygen atoms in total. The molecule has 0 spiro atoms. The number of aryl methyl sites for hydroxylation is 1. The summed E-state index contributed by atoms with van der Waals surface area (Å²) in [5.41, 5.74) is 1.71. The molecule has 0 amide bonds. The highest BCUT2D eigenvalue weighted by atomic mass is 32.2. The van der Waals surface area contributed by atoms with Crippen LogP contribution in [0.2, 0.25) is 0 Å². The van der Waals surface area contributed by atoms with E-state index < -0.39 is 22.3 Å². The van der Waals surface area contributed by atoms with Gasteiger partial charge in [-0.3, -0.25) is 4.72 Å². The van der Waals surface area contributed by atoms with E-state index in [1.54, 1.807) is 54.6 Å². The fourth-order valence-electron chi connectivity index (χ4n) is 4.18. The molecule has 3 N–H and O–H groups in total. The molecule has 0 radical (unpaired) electrons. The normalized spacial score (nSPS) is 12.7. The number of rotatable bonds is 11. The first-order valence-corrected chi connectivity index (χ1v) is 14.0. The Balaban J connectivity index is 1.33. The Morgan fingerprint density at radius 1 is 1.03 bits per heavy atom. The molecule has 3 aromatic carbocycles. The number of hydrogen-bond donors (Lipinski definition) is 3. The fourth-order valence-corrected chi connectivity index (χ4v) is 5.25. The third kappa shape index (κ3) is 7.38. The molecule has 4 rings (SSSR count). The molecule has 0 aliphatic carbocycles. The number of benzene rings is 3. The third-order valence-electron chi connectivity index (χ3n) is 6.44. The van der Waals surface area contributed by atoms with E-state index in [-0.39, 0.29) is 10.4 Å². The summed E-state index contributed by atoms with van der Waals surface area (Å²) in [6, 6.07) is 22.3. The van der Waals surface area contributed by atoms with Gasteiger partial charge in [0.15, 0.2) is 0 Å². The van der Waals surface area contributed by atoms with Crippen LogP contribution in [0.15, 0.2) is 90.0 Å². The average Bonchev–Trinajstić information content (AvgIpc) is 3.33. The van der Waals surface area contributed by atoms with Crippen LogP contribution in [0.25, 0.3) is 10.9 Å². The van der Waals surface area contributed by atoms with Crippen molar-refractivity contribution in [1.82, 2.24) is 9.88 Å². The highest BCUT2D eigenvalue weighted by Crippen LogP contribution is 2.25. The molecular weight excluding hydrogens is 518 g/mol. The van der Waals surface area contributed by atoms with Gasteiger partial charge in [0.2, 0.25) is 0 Å². The molecule has 206 valence electrons. The molecule has 0 fully saturated rings. The number of aliphatic hydroxyl groups excluding tert-OH is 1. The fraction of sp³-hybridized carbons (Fsp3) is 0.276. The van der Waals surface area contributed by atoms with Gasteiger partial charge < -0.3 is 24.5 Å². The number of carbonyl (C=O) groups is 1. The number of sulfonamides is 1. The molecule has 10 heteroatoms. The van der Waals surface area contributed by atoms with Gasteiger partial charge in [-0.25, -0.2) is 13.2 Å². The molecule has 0 saturated carbocycles. The van der Waals surface area contributed by atoms with E-state index in [4.69, 9.17) is 4.74 Å². The van der Waals surface area contributed by atoms with Crippen molar-refractivity contribution in [3.63, 3.8) is 0 Å². The Labute approximate surface area is 228 Å². The Bertz CT molecular complexity index is 1530. The minimum absolute atomic E-state index is 0.171. The van der Waals surface area contributed by atoms with Gasteiger partial charge >= 0.3 is 6.16 Å². The van der Waals surface area contributed by atoms with E-state index in [9.17, 15) is 18.3 Å². The second-order valence-electron chi connectivity index (χ2n) is 9.86. The van der Waals surface area contributed by atoms with Crippen molar-refractivity contribution < 1.29 is 27.8 Å². The third-order valence-corrected chi connectivity index (χ3v) is 7.84. The van der Waals surface area contributed by atoms with E-state index in [1.807, 2.05) is 18.3 Å². The summed E-state index contributed by atoms with van der Waals surface area (Å²) in [5.74, 6) is 0.417. The maximum Gasteiger partial charge on any atom is 0.513 e. The van der Waals surface area contributed by atoms with Crippen LogP contribution in [0.1, 0.15) is 31.9 Å². The van der Waals surface area contributed by atoms with Crippen molar-refractivity contribution in [1.29, 1.82) is 0 Å². The molecule has 1 atom stereocenters. The number of hydrogen-bond acceptors (Lipinski definition) is 7. The number of carbonyl (C=O) groups excluding carboxylic acids is 1. The summed E-state index contributed by atoms with van der Waals surface area (Å²) in [7, 11) is -2.46. The Kier molecular flexibility index (Phi) is 8.59. The van der Waals surface area contributed by atoms with Gasteiger partial charge in [0, 0.05) is 41.4 Å². The van der Waals surface area contributed by atoms with E-state index in [1.165, 1.54) is 19.2 Å². The van der Waals surface area contributed by atoms with Crippen molar-refractivity contribution in [3.8, 4) is 5.75 Å². The zero-order chi connectivity index (χ0) is 28.0. The summed E-state index contributed by atoms with van der Waals surface area (Å²) in [5, 5.41) is 15.2. The van der Waals surface area contributed by atoms with E-state index >= 15 is 0 Å². The molecule has 1 heterocycles. The lowest BCUT2D eigenvalue weighted by atomic mass is 9.99. The minimum atomic E-state index is -3.72. The van der Waals surface area contributed by atoms with Crippen LogP contribution in [0, 0.1) is 0 Å². The first-order valence-electron chi connectivity index (χ1n) is 12.5. The van der Waals surface area contributed by atoms with Crippen molar-refractivity contribution in [3.05, 3.63) is 90.6 Å². The lowest BCUT2D eigenvalue weighted by molar-refractivity contribution is 0.121. The summed E-state index contributed by atoms with van der Waals surface area (Å²) in [4.78, 5) is 11.5. The van der Waals surface area contributed by atoms with Crippen molar-refractivity contribution in [2.45, 2.75) is 43.4 Å². The summed E-state index contributed by atoms with van der Waals surface area (Å²) in [6.07, 6.45) is 1.18. The van der Waals surface area contributed by atoms with Gasteiger partial charge in [-0.15, -0.1) is 0 Å². The quantitative estimate of drug-likeness (QED) is 0.176. The molecular formula is C29H33N3O6S. The van der Waals surface area contributed by atoms with Gasteiger partial charge in [0.25, 0.3) is 10.0 Å². The number of methoxy groups -OCH3 is 1. The zero-order valence-electron chi connectivity index (χ0n) is 22.1. The van der Waals surface area contributed by atoms with E-state index in [0.29, 0.717) is 23.5 Å². The number of aromatic nitrogens is 1. The average molecular weight is 552 g/mol. The number of fused-ring (bicyclic) bond motifs is 1. The highest BCUT2D eigenvalue weighted by Gasteiger charge is 2.20. The number of ether oxygens (including phenoxy) is 2. The van der Waals surface area contributed by atoms with Gasteiger partial charge in [-0.1, -0.05) is 30.3 Å². The first-order chi connectivity index (χ1) is 18.6. The van der Waals surface area contributed by atoms with Crippen LogP contribution in [-0.4, -0.2) is 43.4 Å². The monoisotopic (exact) mass is 551 g/mol. The van der Waals surface area contributed by atoms with Crippen molar-refractivity contribution in [2.24, 2.45) is 0 Å². The van der Waals surface area contributed by atoms with Crippen molar-refractivity contribution in [2.75, 3.05) is 18.4 Å². The molecule has 0 aliphatic heterocycles. The van der Waals surface area contributed by atoms with Gasteiger partial charge in [-0.2, -0.15) is 0 Å². The molecule has 1 aromatic heterocycles. The second-order valence-corrected chi connectivity index (χ2v) is 11.5. The molecule has 0 unspecified atom stereocenters. The smallest absolute Gasteiger partial charge is 0.437 e. The van der Waals surface area contributed by atoms with Crippen molar-refractivity contribution >= 4 is 32.8 Å². The summed E-state index contributed by atoms with van der Waals surface area (Å²) < 4.78 is 39.6. The van der Waals surface area contributed by atoms with Crippen LogP contribution < -0.4 is 14.8 Å². The Morgan fingerprint density at radius 3 is 2.54 bits per heavy atom. The minimum Gasteiger partial charge on any atom is -0.437 e. The van der Waals surface area contributed by atoms with Crippen LogP contribution >= 0.6 is 0 Å². The van der Waals surface area contributed by atoms with E-state index in [2.05, 4.69) is 33.2 Å². The van der Waals surface area contributed by atoms with Crippen LogP contribution in [-0.2, 0) is 21.3 Å². The predicted octanol–water partition coefficient (Wildman–Crippen LogP) is 5.08. The molecule has 0 aliphatic rings. The van der Waals surface area contributed by atoms with E-state index in [0.717, 1.165) is 23.9 Å². The molecule has 4 aromatic rings. The Hall–Kier alpha value is -3.86. The maximum atomic E-state index is 12.6. The van der Waals surface area contributed by atoms with Gasteiger partial charge in [0.1, 0.15) is 5.75 Å². The first kappa shape index (κ1) is 28.2. The zero-order valence-corrected chi connectivity index (χ0v) is 22.9. The number of nitrogens with one attached hydrogen (secondary N) is 2. The summed E-state index contributed by atoms with van der Waals surface area (Å²) >= 11 is 0. The largest absolute Gasteiger partial charge is 0.513 e. The SMILES string of the molecule is COC(=O)Oc1ccc2c(ccn2CCC(C)(C)NC[C@H](O)c2cccc(NS(=O)(=O)c3ccccc3)c2)c1. The number of anilines is 1. The van der Waals surface area contributed by atoms with Crippen LogP contribution in [0.5, 0.6) is 5.75 Å². The van der Waals surface area contributed by atoms with Gasteiger partial charge in [-0.05, 0) is 74.4 Å². The van der Waals surface area contributed by atoms with Crippen LogP contribution in [0.3, 0.4) is 0 Å². The molecule has 0 bridgehead atoms. The molecule has 39 heavy (non-hydrogen) atoms. The number of nitrogens with zero attached hydrogens (tertiary/aromatic N) is 1. The molecule has 0 saturated heterocycles. The lowest BCUT2D eigenvalue weighted by Gasteiger charge is -2.28. The topological polar surface area (TPSA) is 119 Å². The second kappa shape index (κ2) is 11.9. The van der Waals surface area contributed by atoms with Crippen LogP contribution in [0.4, 0.5) is 10.5 Å². The highest BCUT2D eigenvalue weighted by molar-refractivity contribution is 7.92. The Morgan fingerprint density at radius 2 is 1.79 bits per heavy atom. The number of aliphatic hydroxyl groups is 1. The predicted molar refractivity (Wildman–Crippen MR) is 150 cm³/mol. The summed E-state index contributed by atoms with van der Waals surface area (Å²) in [6.45, 7) is 5.16. The maximum absolute atomic E-state index is 12.6. The number of β-amino-alcohol motifs (C(OH)–C–C–N with tert-alkyl or cyclic N) is 1.